The second-order valence-corrected chi connectivity index (χ2v) is 8.90. The standard InChI is InChI=1S/C22H26N4O3S2/c1-2-3-4-5-8-15-9-6-7-10-17(15)23-12-19-25-18(14-30-19)21(29)26-22-24-16(13-31-22)11-20(27)28/h6-7,9-10,13-14,23H,2-5,8,11-12H2,1H3,(H,27,28)(H,24,26,29)/p-1. The van der Waals surface area contributed by atoms with Crippen LogP contribution in [0.3, 0.4) is 0 Å². The van der Waals surface area contributed by atoms with E-state index >= 15 is 0 Å². The van der Waals surface area contributed by atoms with E-state index in [1.165, 1.54) is 53.9 Å². The zero-order chi connectivity index (χ0) is 22.1. The molecule has 0 spiro atoms. The van der Waals surface area contributed by atoms with Crippen molar-refractivity contribution in [2.75, 3.05) is 10.6 Å². The number of para-hydroxylation sites is 1. The molecule has 0 fully saturated rings. The first kappa shape index (κ1) is 22.9. The molecule has 1 aromatic carbocycles. The third kappa shape index (κ3) is 7.15. The van der Waals surface area contributed by atoms with Crippen LogP contribution < -0.4 is 15.7 Å². The summed E-state index contributed by atoms with van der Waals surface area (Å²) in [6.07, 6.45) is 5.67. The summed E-state index contributed by atoms with van der Waals surface area (Å²) < 4.78 is 0. The number of thiazole rings is 2. The summed E-state index contributed by atoms with van der Waals surface area (Å²) in [4.78, 5) is 31.5. The number of hydrogen-bond acceptors (Lipinski definition) is 8. The number of aromatic nitrogens is 2. The van der Waals surface area contributed by atoms with Gasteiger partial charge in [-0.3, -0.25) is 10.1 Å². The van der Waals surface area contributed by atoms with E-state index < -0.39 is 5.97 Å². The van der Waals surface area contributed by atoms with Gasteiger partial charge in [0, 0.05) is 28.8 Å². The van der Waals surface area contributed by atoms with Gasteiger partial charge in [0.2, 0.25) is 0 Å². The molecule has 0 bridgehead atoms. The minimum absolute atomic E-state index is 0.279. The first-order chi connectivity index (χ1) is 15.0. The second-order valence-electron chi connectivity index (χ2n) is 7.09. The zero-order valence-electron chi connectivity index (χ0n) is 17.3. The van der Waals surface area contributed by atoms with E-state index in [1.807, 2.05) is 6.07 Å². The molecule has 1 amide bonds. The van der Waals surface area contributed by atoms with E-state index in [-0.39, 0.29) is 12.3 Å². The van der Waals surface area contributed by atoms with Crippen LogP contribution in [-0.4, -0.2) is 21.8 Å². The lowest BCUT2D eigenvalue weighted by atomic mass is 10.0. The van der Waals surface area contributed by atoms with Gasteiger partial charge in [0.15, 0.2) is 5.13 Å². The number of benzene rings is 1. The molecule has 0 saturated heterocycles. The molecule has 0 radical (unpaired) electrons. The van der Waals surface area contributed by atoms with Crippen LogP contribution in [0.4, 0.5) is 10.8 Å². The van der Waals surface area contributed by atoms with E-state index in [0.29, 0.717) is 23.1 Å². The lowest BCUT2D eigenvalue weighted by Gasteiger charge is -2.11. The number of amides is 1. The predicted octanol–water partition coefficient (Wildman–Crippen LogP) is 3.88. The smallest absolute Gasteiger partial charge is 0.276 e. The number of rotatable bonds is 12. The molecule has 2 heterocycles. The lowest BCUT2D eigenvalue weighted by molar-refractivity contribution is -0.304. The van der Waals surface area contributed by atoms with Gasteiger partial charge in [-0.25, -0.2) is 9.97 Å². The number of aryl methyl sites for hydroxylation is 1. The van der Waals surface area contributed by atoms with Gasteiger partial charge < -0.3 is 15.2 Å². The van der Waals surface area contributed by atoms with Crippen molar-refractivity contribution in [3.8, 4) is 0 Å². The van der Waals surface area contributed by atoms with Gasteiger partial charge in [0.25, 0.3) is 5.91 Å². The number of hydrogen-bond donors (Lipinski definition) is 2. The Hall–Kier alpha value is -2.78. The summed E-state index contributed by atoms with van der Waals surface area (Å²) in [5.74, 6) is -1.57. The number of aliphatic carboxylic acids is 1. The highest BCUT2D eigenvalue weighted by atomic mass is 32.1. The Kier molecular flexibility index (Phi) is 8.54. The van der Waals surface area contributed by atoms with Crippen molar-refractivity contribution in [1.82, 2.24) is 9.97 Å². The van der Waals surface area contributed by atoms with Crippen LogP contribution in [0.1, 0.15) is 59.4 Å². The van der Waals surface area contributed by atoms with Crippen molar-refractivity contribution in [3.63, 3.8) is 0 Å². The Bertz CT molecular complexity index is 1020. The molecule has 2 N–H and O–H groups in total. The molecule has 9 heteroatoms. The number of nitrogens with zero attached hydrogens (tertiary/aromatic N) is 2. The number of carbonyl (C=O) groups excluding carboxylic acids is 2. The van der Waals surface area contributed by atoms with Gasteiger partial charge >= 0.3 is 0 Å². The quantitative estimate of drug-likeness (QED) is 0.400. The predicted molar refractivity (Wildman–Crippen MR) is 123 cm³/mol. The zero-order valence-corrected chi connectivity index (χ0v) is 19.0. The molecule has 0 unspecified atom stereocenters. The Labute approximate surface area is 189 Å². The Balaban J connectivity index is 1.54. The third-order valence-electron chi connectivity index (χ3n) is 4.63. The Morgan fingerprint density at radius 3 is 2.71 bits per heavy atom. The summed E-state index contributed by atoms with van der Waals surface area (Å²) in [7, 11) is 0. The second kappa shape index (κ2) is 11.6. The van der Waals surface area contributed by atoms with Crippen LogP contribution in [0.25, 0.3) is 0 Å². The largest absolute Gasteiger partial charge is 0.550 e. The van der Waals surface area contributed by atoms with Crippen LogP contribution in [0.15, 0.2) is 35.0 Å². The van der Waals surface area contributed by atoms with Gasteiger partial charge in [-0.1, -0.05) is 44.4 Å². The fourth-order valence-corrected chi connectivity index (χ4v) is 4.49. The number of unbranched alkanes of at least 4 members (excludes halogenated alkanes) is 3. The maximum Gasteiger partial charge on any atom is 0.276 e. The molecule has 0 aliphatic carbocycles. The minimum atomic E-state index is -1.21. The Morgan fingerprint density at radius 2 is 1.90 bits per heavy atom. The van der Waals surface area contributed by atoms with E-state index in [9.17, 15) is 14.7 Å². The van der Waals surface area contributed by atoms with Gasteiger partial charge in [-0.15, -0.1) is 22.7 Å². The van der Waals surface area contributed by atoms with E-state index in [0.717, 1.165) is 17.1 Å². The minimum Gasteiger partial charge on any atom is -0.550 e. The van der Waals surface area contributed by atoms with Crippen molar-refractivity contribution < 1.29 is 14.7 Å². The first-order valence-electron chi connectivity index (χ1n) is 10.3. The fraction of sp³-hybridized carbons (Fsp3) is 0.364. The summed E-state index contributed by atoms with van der Waals surface area (Å²) in [6, 6.07) is 8.30. The van der Waals surface area contributed by atoms with Crippen LogP contribution in [0.2, 0.25) is 0 Å². The molecule has 0 aliphatic rings. The number of nitrogens with one attached hydrogen (secondary N) is 2. The highest BCUT2D eigenvalue weighted by Gasteiger charge is 2.13. The molecule has 7 nitrogen and oxygen atoms in total. The molecule has 0 saturated carbocycles. The van der Waals surface area contributed by atoms with E-state index in [4.69, 9.17) is 0 Å². The van der Waals surface area contributed by atoms with Gasteiger partial charge in [0.1, 0.15) is 10.7 Å². The monoisotopic (exact) mass is 457 g/mol. The summed E-state index contributed by atoms with van der Waals surface area (Å²) in [5.41, 5.74) is 3.07. The summed E-state index contributed by atoms with van der Waals surface area (Å²) >= 11 is 2.58. The maximum atomic E-state index is 12.4. The van der Waals surface area contributed by atoms with Crippen molar-refractivity contribution in [2.24, 2.45) is 0 Å². The van der Waals surface area contributed by atoms with E-state index in [1.54, 1.807) is 10.8 Å². The van der Waals surface area contributed by atoms with Gasteiger partial charge in [-0.2, -0.15) is 0 Å². The van der Waals surface area contributed by atoms with E-state index in [2.05, 4.69) is 45.7 Å². The van der Waals surface area contributed by atoms with Crippen LogP contribution >= 0.6 is 22.7 Å². The normalized spacial score (nSPS) is 10.7. The topological polar surface area (TPSA) is 107 Å². The number of carboxylic acid groups (broad SMARTS) is 1. The number of carboxylic acids is 1. The average Bonchev–Trinajstić information content (AvgIpc) is 3.39. The SMILES string of the molecule is CCCCCCc1ccccc1NCc1nc(C(=O)Nc2nc(CC(=O)[O-])cs2)cs1. The van der Waals surface area contributed by atoms with Crippen molar-refractivity contribution in [3.05, 3.63) is 57.0 Å². The van der Waals surface area contributed by atoms with Gasteiger partial charge in [-0.05, 0) is 24.5 Å². The molecule has 2 aromatic heterocycles. The first-order valence-corrected chi connectivity index (χ1v) is 12.0. The average molecular weight is 458 g/mol. The van der Waals surface area contributed by atoms with Gasteiger partial charge in [0.05, 0.1) is 12.2 Å². The summed E-state index contributed by atoms with van der Waals surface area (Å²) in [5, 5.41) is 21.2. The van der Waals surface area contributed by atoms with Crippen molar-refractivity contribution >= 4 is 45.4 Å². The maximum absolute atomic E-state index is 12.4. The molecule has 3 aromatic rings. The molecule has 3 rings (SSSR count). The fourth-order valence-electron chi connectivity index (χ4n) is 3.07. The molecular formula is C22H25N4O3S2-. The molecular weight excluding hydrogens is 432 g/mol. The van der Waals surface area contributed by atoms with Crippen LogP contribution in [-0.2, 0) is 24.2 Å². The molecule has 164 valence electrons. The third-order valence-corrected chi connectivity index (χ3v) is 6.28. The highest BCUT2D eigenvalue weighted by Crippen LogP contribution is 2.21. The highest BCUT2D eigenvalue weighted by molar-refractivity contribution is 7.14. The molecule has 0 aliphatic heterocycles. The summed E-state index contributed by atoms with van der Waals surface area (Å²) in [6.45, 7) is 2.75. The molecule has 0 atom stereocenters. The van der Waals surface area contributed by atoms with Crippen LogP contribution in [0.5, 0.6) is 0 Å². The number of carbonyl (C=O) groups is 2. The Morgan fingerprint density at radius 1 is 1.06 bits per heavy atom. The number of anilines is 2. The molecule has 31 heavy (non-hydrogen) atoms. The van der Waals surface area contributed by atoms with Crippen LogP contribution in [0, 0.1) is 0 Å². The van der Waals surface area contributed by atoms with Crippen molar-refractivity contribution in [2.45, 2.75) is 52.0 Å². The van der Waals surface area contributed by atoms with Crippen molar-refractivity contribution in [1.29, 1.82) is 0 Å². The lowest BCUT2D eigenvalue weighted by Crippen LogP contribution is -2.24.